The molecular formula is C17H19F3N2O5. The fourth-order valence-corrected chi connectivity index (χ4v) is 2.33. The maximum absolute atomic E-state index is 13.5. The van der Waals surface area contributed by atoms with Crippen molar-refractivity contribution in [1.29, 1.82) is 0 Å². The zero-order chi connectivity index (χ0) is 20.6. The highest BCUT2D eigenvalue weighted by Crippen LogP contribution is 2.41. The Balaban J connectivity index is 2.41. The standard InChI is InChI=1S/C17H19F3N2O5/c1-15(2,3)27-14(24)13(23)22-16(25,17(18,19)20)9-12(21-22)10-5-7-11(26-4)8-6-10/h5-8,25H,9H2,1-4H3/t16-/m1/s1. The molecule has 1 aromatic rings. The summed E-state index contributed by atoms with van der Waals surface area (Å²) in [7, 11) is 1.42. The second-order valence-corrected chi connectivity index (χ2v) is 6.89. The third-order valence-corrected chi connectivity index (χ3v) is 3.63. The fourth-order valence-electron chi connectivity index (χ4n) is 2.33. The highest BCUT2D eigenvalue weighted by Gasteiger charge is 2.64. The van der Waals surface area contributed by atoms with Crippen LogP contribution >= 0.6 is 0 Å². The predicted octanol–water partition coefficient (Wildman–Crippen LogP) is 2.22. The number of carbonyl (C=O) groups is 2. The van der Waals surface area contributed by atoms with Crippen LogP contribution in [-0.2, 0) is 14.3 Å². The van der Waals surface area contributed by atoms with Crippen LogP contribution in [0, 0.1) is 0 Å². The van der Waals surface area contributed by atoms with Crippen molar-refractivity contribution in [2.75, 3.05) is 7.11 Å². The molecule has 1 N–H and O–H groups in total. The van der Waals surface area contributed by atoms with Gasteiger partial charge in [-0.05, 0) is 50.6 Å². The van der Waals surface area contributed by atoms with Crippen LogP contribution in [0.3, 0.4) is 0 Å². The molecule has 1 aliphatic heterocycles. The van der Waals surface area contributed by atoms with Gasteiger partial charge in [-0.15, -0.1) is 0 Å². The lowest BCUT2D eigenvalue weighted by molar-refractivity contribution is -0.302. The molecule has 0 unspecified atom stereocenters. The second kappa shape index (κ2) is 6.84. The lowest BCUT2D eigenvalue weighted by atomic mass is 10.0. The number of hydrogen-bond acceptors (Lipinski definition) is 6. The minimum absolute atomic E-state index is 0.214. The zero-order valence-corrected chi connectivity index (χ0v) is 15.1. The maximum atomic E-state index is 13.5. The van der Waals surface area contributed by atoms with Crippen molar-refractivity contribution in [1.82, 2.24) is 5.01 Å². The lowest BCUT2D eigenvalue weighted by Crippen LogP contribution is -2.58. The topological polar surface area (TPSA) is 88.4 Å². The Morgan fingerprint density at radius 1 is 1.19 bits per heavy atom. The third-order valence-electron chi connectivity index (χ3n) is 3.63. The normalized spacial score (nSPS) is 20.3. The Morgan fingerprint density at radius 2 is 1.74 bits per heavy atom. The number of aliphatic hydroxyl groups is 1. The summed E-state index contributed by atoms with van der Waals surface area (Å²) < 4.78 is 50.2. The van der Waals surface area contributed by atoms with E-state index in [-0.39, 0.29) is 16.3 Å². The molecule has 1 aliphatic rings. The van der Waals surface area contributed by atoms with Crippen LogP contribution in [0.25, 0.3) is 0 Å². The van der Waals surface area contributed by atoms with Crippen molar-refractivity contribution in [2.45, 2.75) is 44.7 Å². The Morgan fingerprint density at radius 3 is 2.19 bits per heavy atom. The van der Waals surface area contributed by atoms with Crippen molar-refractivity contribution in [3.8, 4) is 5.75 Å². The average molecular weight is 388 g/mol. The number of carbonyl (C=O) groups excluding carboxylic acids is 2. The molecule has 0 saturated carbocycles. The number of benzene rings is 1. The Bertz CT molecular complexity index is 768. The Kier molecular flexibility index (Phi) is 5.24. The molecule has 0 aromatic heterocycles. The molecule has 148 valence electrons. The first-order chi connectivity index (χ1) is 12.3. The second-order valence-electron chi connectivity index (χ2n) is 6.89. The molecule has 0 fully saturated rings. The summed E-state index contributed by atoms with van der Waals surface area (Å²) in [5.74, 6) is -2.80. The van der Waals surface area contributed by atoms with Gasteiger partial charge in [0.2, 0.25) is 0 Å². The van der Waals surface area contributed by atoms with Crippen molar-refractivity contribution in [2.24, 2.45) is 5.10 Å². The van der Waals surface area contributed by atoms with Crippen LogP contribution in [0.15, 0.2) is 29.4 Å². The summed E-state index contributed by atoms with van der Waals surface area (Å²) >= 11 is 0. The van der Waals surface area contributed by atoms with E-state index < -0.39 is 35.8 Å². The van der Waals surface area contributed by atoms with Crippen molar-refractivity contribution >= 4 is 17.6 Å². The van der Waals surface area contributed by atoms with E-state index in [1.165, 1.54) is 52.1 Å². The van der Waals surface area contributed by atoms with Crippen LogP contribution in [0.5, 0.6) is 5.75 Å². The highest BCUT2D eigenvalue weighted by atomic mass is 19.4. The van der Waals surface area contributed by atoms with Gasteiger partial charge in [0.25, 0.3) is 5.72 Å². The third kappa shape index (κ3) is 4.21. The van der Waals surface area contributed by atoms with Crippen LogP contribution in [0.4, 0.5) is 13.2 Å². The highest BCUT2D eigenvalue weighted by molar-refractivity contribution is 6.33. The largest absolute Gasteiger partial charge is 0.497 e. The monoisotopic (exact) mass is 388 g/mol. The van der Waals surface area contributed by atoms with E-state index in [1.807, 2.05) is 0 Å². The maximum Gasteiger partial charge on any atom is 0.438 e. The molecule has 0 saturated heterocycles. The molecule has 0 aliphatic carbocycles. The van der Waals surface area contributed by atoms with E-state index in [0.717, 1.165) is 0 Å². The number of methoxy groups -OCH3 is 1. The van der Waals surface area contributed by atoms with Gasteiger partial charge in [-0.2, -0.15) is 23.3 Å². The number of rotatable bonds is 2. The first kappa shape index (κ1) is 20.7. The Labute approximate surface area is 153 Å². The molecule has 0 bridgehead atoms. The number of ether oxygens (including phenoxy) is 2. The van der Waals surface area contributed by atoms with Crippen LogP contribution in [-0.4, -0.2) is 52.3 Å². The summed E-state index contributed by atoms with van der Waals surface area (Å²) in [6.45, 7) is 4.35. The summed E-state index contributed by atoms with van der Waals surface area (Å²) in [5, 5.41) is 13.5. The number of hydrazone groups is 1. The molecule has 2 rings (SSSR count). The minimum Gasteiger partial charge on any atom is -0.497 e. The molecule has 0 radical (unpaired) electrons. The first-order valence-corrected chi connectivity index (χ1v) is 7.87. The van der Waals surface area contributed by atoms with E-state index >= 15 is 0 Å². The van der Waals surface area contributed by atoms with E-state index in [4.69, 9.17) is 9.47 Å². The zero-order valence-electron chi connectivity index (χ0n) is 15.1. The molecule has 1 atom stereocenters. The number of alkyl halides is 3. The molecule has 27 heavy (non-hydrogen) atoms. The lowest BCUT2D eigenvalue weighted by Gasteiger charge is -2.32. The molecule has 7 nitrogen and oxygen atoms in total. The molecule has 10 heteroatoms. The van der Waals surface area contributed by atoms with Gasteiger partial charge in [-0.25, -0.2) is 4.79 Å². The quantitative estimate of drug-likeness (QED) is 0.620. The summed E-state index contributed by atoms with van der Waals surface area (Å²) in [6.07, 6.45) is -6.28. The number of amides is 1. The molecule has 1 amide bonds. The smallest absolute Gasteiger partial charge is 0.438 e. The number of halogens is 3. The molecule has 0 spiro atoms. The van der Waals surface area contributed by atoms with Crippen molar-refractivity contribution in [3.63, 3.8) is 0 Å². The predicted molar refractivity (Wildman–Crippen MR) is 87.8 cm³/mol. The van der Waals surface area contributed by atoms with Crippen LogP contribution in [0.1, 0.15) is 32.8 Å². The van der Waals surface area contributed by atoms with Gasteiger partial charge in [0.1, 0.15) is 11.4 Å². The van der Waals surface area contributed by atoms with Gasteiger partial charge < -0.3 is 14.6 Å². The van der Waals surface area contributed by atoms with Gasteiger partial charge in [0, 0.05) is 0 Å². The molecule has 1 heterocycles. The van der Waals surface area contributed by atoms with Crippen LogP contribution in [0.2, 0.25) is 0 Å². The SMILES string of the molecule is COc1ccc(C2=NN(C(=O)C(=O)OC(C)(C)C)[C@](O)(C(F)(F)F)C2)cc1. The fraction of sp³-hybridized carbons (Fsp3) is 0.471. The molecule has 1 aromatic carbocycles. The molecular weight excluding hydrogens is 369 g/mol. The van der Waals surface area contributed by atoms with Crippen molar-refractivity contribution < 1.29 is 37.3 Å². The summed E-state index contributed by atoms with van der Waals surface area (Å²) in [4.78, 5) is 24.1. The first-order valence-electron chi connectivity index (χ1n) is 7.87. The summed E-state index contributed by atoms with van der Waals surface area (Å²) in [5.41, 5.74) is -4.74. The van der Waals surface area contributed by atoms with E-state index in [2.05, 4.69) is 5.10 Å². The van der Waals surface area contributed by atoms with Gasteiger partial charge in [0.15, 0.2) is 0 Å². The van der Waals surface area contributed by atoms with Crippen LogP contribution < -0.4 is 4.74 Å². The van der Waals surface area contributed by atoms with E-state index in [9.17, 15) is 27.9 Å². The average Bonchev–Trinajstić information content (AvgIpc) is 2.91. The minimum atomic E-state index is -5.25. The van der Waals surface area contributed by atoms with Gasteiger partial charge in [-0.3, -0.25) is 4.79 Å². The van der Waals surface area contributed by atoms with Gasteiger partial charge in [0.05, 0.1) is 19.2 Å². The number of esters is 1. The van der Waals surface area contributed by atoms with Gasteiger partial charge >= 0.3 is 18.1 Å². The van der Waals surface area contributed by atoms with Crippen molar-refractivity contribution in [3.05, 3.63) is 29.8 Å². The Hall–Kier alpha value is -2.62. The van der Waals surface area contributed by atoms with Gasteiger partial charge in [-0.1, -0.05) is 0 Å². The van der Waals surface area contributed by atoms with E-state index in [0.29, 0.717) is 5.75 Å². The number of hydrogen-bond donors (Lipinski definition) is 1. The number of nitrogens with zero attached hydrogens (tertiary/aromatic N) is 2. The summed E-state index contributed by atoms with van der Waals surface area (Å²) in [6, 6.07) is 5.83. The van der Waals surface area contributed by atoms with E-state index in [1.54, 1.807) is 0 Å².